The van der Waals surface area contributed by atoms with E-state index in [9.17, 15) is 4.79 Å². The first-order valence-electron chi connectivity index (χ1n) is 6.32. The number of benzene rings is 1. The van der Waals surface area contributed by atoms with E-state index in [0.29, 0.717) is 17.2 Å². The first-order chi connectivity index (χ1) is 8.56. The van der Waals surface area contributed by atoms with Crippen LogP contribution in [0.4, 0.5) is 5.69 Å². The number of hydrogen-bond donors (Lipinski definition) is 1. The van der Waals surface area contributed by atoms with Crippen LogP contribution in [-0.4, -0.2) is 12.1 Å². The van der Waals surface area contributed by atoms with Crippen molar-refractivity contribution in [3.63, 3.8) is 0 Å². The fourth-order valence-electron chi connectivity index (χ4n) is 2.40. The highest BCUT2D eigenvalue weighted by Crippen LogP contribution is 2.27. The van der Waals surface area contributed by atoms with Crippen LogP contribution in [0, 0.1) is 5.92 Å². The standard InChI is InChI=1S/C14H18BrNO2/c1-9-3-2-4-11(7-9)18-14(17)12-8-10(16)5-6-13(12)15/h5-6,8-9,11H,2-4,7,16H2,1H3. The first-order valence-corrected chi connectivity index (χ1v) is 7.11. The van der Waals surface area contributed by atoms with Crippen LogP contribution >= 0.6 is 15.9 Å². The van der Waals surface area contributed by atoms with Gasteiger partial charge in [-0.1, -0.05) is 13.3 Å². The van der Waals surface area contributed by atoms with Gasteiger partial charge in [0.15, 0.2) is 0 Å². The third-order valence-corrected chi connectivity index (χ3v) is 4.06. The summed E-state index contributed by atoms with van der Waals surface area (Å²) in [5.41, 5.74) is 6.77. The summed E-state index contributed by atoms with van der Waals surface area (Å²) in [4.78, 5) is 12.1. The SMILES string of the molecule is CC1CCCC(OC(=O)c2cc(N)ccc2Br)C1. The number of hydrogen-bond acceptors (Lipinski definition) is 3. The molecule has 1 aliphatic carbocycles. The van der Waals surface area contributed by atoms with Crippen LogP contribution in [0.1, 0.15) is 43.0 Å². The van der Waals surface area contributed by atoms with E-state index in [4.69, 9.17) is 10.5 Å². The van der Waals surface area contributed by atoms with Crippen molar-refractivity contribution < 1.29 is 9.53 Å². The quantitative estimate of drug-likeness (QED) is 0.668. The Morgan fingerprint density at radius 2 is 2.22 bits per heavy atom. The number of anilines is 1. The number of nitrogens with two attached hydrogens (primary N) is 1. The Hall–Kier alpha value is -1.03. The van der Waals surface area contributed by atoms with Crippen molar-refractivity contribution in [1.82, 2.24) is 0 Å². The third kappa shape index (κ3) is 3.25. The lowest BCUT2D eigenvalue weighted by molar-refractivity contribution is 0.0154. The topological polar surface area (TPSA) is 52.3 Å². The van der Waals surface area contributed by atoms with E-state index >= 15 is 0 Å². The van der Waals surface area contributed by atoms with Crippen molar-refractivity contribution in [2.45, 2.75) is 38.7 Å². The summed E-state index contributed by atoms with van der Waals surface area (Å²) >= 11 is 3.35. The van der Waals surface area contributed by atoms with Crippen LogP contribution in [-0.2, 0) is 4.74 Å². The van der Waals surface area contributed by atoms with E-state index in [1.54, 1.807) is 18.2 Å². The summed E-state index contributed by atoms with van der Waals surface area (Å²) in [5, 5.41) is 0. The Morgan fingerprint density at radius 1 is 1.44 bits per heavy atom. The monoisotopic (exact) mass is 311 g/mol. The molecule has 0 amide bonds. The maximum atomic E-state index is 12.1. The largest absolute Gasteiger partial charge is 0.459 e. The van der Waals surface area contributed by atoms with Crippen LogP contribution in [0.25, 0.3) is 0 Å². The number of halogens is 1. The van der Waals surface area contributed by atoms with Crippen molar-refractivity contribution in [3.05, 3.63) is 28.2 Å². The van der Waals surface area contributed by atoms with E-state index in [0.717, 1.165) is 23.7 Å². The van der Waals surface area contributed by atoms with Gasteiger partial charge < -0.3 is 10.5 Å². The molecule has 1 aromatic carbocycles. The normalized spacial score (nSPS) is 23.7. The van der Waals surface area contributed by atoms with Gasteiger partial charge in [0, 0.05) is 10.2 Å². The van der Waals surface area contributed by atoms with E-state index in [2.05, 4.69) is 22.9 Å². The van der Waals surface area contributed by atoms with E-state index in [1.807, 2.05) is 0 Å². The third-order valence-electron chi connectivity index (χ3n) is 3.37. The van der Waals surface area contributed by atoms with Crippen LogP contribution in [0.5, 0.6) is 0 Å². The minimum atomic E-state index is -0.284. The minimum Gasteiger partial charge on any atom is -0.459 e. The molecule has 1 saturated carbocycles. The lowest BCUT2D eigenvalue weighted by atomic mass is 9.89. The van der Waals surface area contributed by atoms with E-state index in [1.165, 1.54) is 6.42 Å². The molecule has 0 aromatic heterocycles. The summed E-state index contributed by atoms with van der Waals surface area (Å²) in [5.74, 6) is 0.356. The highest BCUT2D eigenvalue weighted by molar-refractivity contribution is 9.10. The van der Waals surface area contributed by atoms with Crippen molar-refractivity contribution in [1.29, 1.82) is 0 Å². The van der Waals surface area contributed by atoms with Crippen molar-refractivity contribution in [3.8, 4) is 0 Å². The van der Waals surface area contributed by atoms with Gasteiger partial charge >= 0.3 is 5.97 Å². The highest BCUT2D eigenvalue weighted by atomic mass is 79.9. The van der Waals surface area contributed by atoms with Crippen molar-refractivity contribution >= 4 is 27.6 Å². The average molecular weight is 312 g/mol. The van der Waals surface area contributed by atoms with Gasteiger partial charge in [-0.05, 0) is 59.3 Å². The summed E-state index contributed by atoms with van der Waals surface area (Å²) in [6.45, 7) is 2.20. The molecule has 2 N–H and O–H groups in total. The molecule has 0 radical (unpaired) electrons. The Morgan fingerprint density at radius 3 is 2.94 bits per heavy atom. The molecule has 0 spiro atoms. The molecule has 0 aliphatic heterocycles. The molecule has 98 valence electrons. The number of carbonyl (C=O) groups excluding carboxylic acids is 1. The molecule has 3 nitrogen and oxygen atoms in total. The maximum absolute atomic E-state index is 12.1. The number of rotatable bonds is 2. The predicted molar refractivity (Wildman–Crippen MR) is 75.4 cm³/mol. The Bertz CT molecular complexity index is 447. The second-order valence-corrected chi connectivity index (χ2v) is 5.89. The van der Waals surface area contributed by atoms with Gasteiger partial charge in [0.25, 0.3) is 0 Å². The molecule has 2 rings (SSSR count). The summed E-state index contributed by atoms with van der Waals surface area (Å²) in [6.07, 6.45) is 4.35. The van der Waals surface area contributed by atoms with Crippen LogP contribution in [0.3, 0.4) is 0 Å². The second kappa shape index (κ2) is 5.74. The lowest BCUT2D eigenvalue weighted by Gasteiger charge is -2.26. The molecule has 0 bridgehead atoms. The van der Waals surface area contributed by atoms with Gasteiger partial charge in [-0.3, -0.25) is 0 Å². The van der Waals surface area contributed by atoms with Gasteiger partial charge in [-0.25, -0.2) is 4.79 Å². The van der Waals surface area contributed by atoms with Crippen molar-refractivity contribution in [2.24, 2.45) is 5.92 Å². The molecule has 0 saturated heterocycles. The average Bonchev–Trinajstić information content (AvgIpc) is 2.32. The highest BCUT2D eigenvalue weighted by Gasteiger charge is 2.23. The zero-order valence-electron chi connectivity index (χ0n) is 10.5. The Labute approximate surface area is 116 Å². The summed E-state index contributed by atoms with van der Waals surface area (Å²) < 4.78 is 6.29. The molecule has 0 heterocycles. The van der Waals surface area contributed by atoms with Gasteiger partial charge in [0.1, 0.15) is 6.10 Å². The first kappa shape index (κ1) is 13.4. The fourth-order valence-corrected chi connectivity index (χ4v) is 2.81. The lowest BCUT2D eigenvalue weighted by Crippen LogP contribution is -2.24. The summed E-state index contributed by atoms with van der Waals surface area (Å²) in [7, 11) is 0. The zero-order chi connectivity index (χ0) is 13.1. The molecule has 4 heteroatoms. The molecular formula is C14H18BrNO2. The molecule has 2 unspecified atom stereocenters. The van der Waals surface area contributed by atoms with Crippen LogP contribution in [0.2, 0.25) is 0 Å². The van der Waals surface area contributed by atoms with Crippen molar-refractivity contribution in [2.75, 3.05) is 5.73 Å². The fraction of sp³-hybridized carbons (Fsp3) is 0.500. The number of carbonyl (C=O) groups is 1. The van der Waals surface area contributed by atoms with Crippen LogP contribution < -0.4 is 5.73 Å². The number of nitrogen functional groups attached to an aromatic ring is 1. The van der Waals surface area contributed by atoms with Crippen LogP contribution in [0.15, 0.2) is 22.7 Å². The summed E-state index contributed by atoms with van der Waals surface area (Å²) in [6, 6.07) is 5.18. The van der Waals surface area contributed by atoms with E-state index < -0.39 is 0 Å². The number of esters is 1. The van der Waals surface area contributed by atoms with Gasteiger partial charge in [0.05, 0.1) is 5.56 Å². The maximum Gasteiger partial charge on any atom is 0.339 e. The molecule has 1 fully saturated rings. The number of ether oxygens (including phenoxy) is 1. The zero-order valence-corrected chi connectivity index (χ0v) is 12.1. The predicted octanol–water partition coefficient (Wildman–Crippen LogP) is 3.77. The molecule has 18 heavy (non-hydrogen) atoms. The molecule has 2 atom stereocenters. The van der Waals surface area contributed by atoms with Gasteiger partial charge in [-0.2, -0.15) is 0 Å². The Kier molecular flexibility index (Phi) is 4.27. The van der Waals surface area contributed by atoms with Gasteiger partial charge in [0.2, 0.25) is 0 Å². The van der Waals surface area contributed by atoms with E-state index in [-0.39, 0.29) is 12.1 Å². The molecule has 1 aliphatic rings. The second-order valence-electron chi connectivity index (χ2n) is 5.04. The van der Waals surface area contributed by atoms with Gasteiger partial charge in [-0.15, -0.1) is 0 Å². The molecular weight excluding hydrogens is 294 g/mol. The molecule has 1 aromatic rings. The smallest absolute Gasteiger partial charge is 0.339 e. The minimum absolute atomic E-state index is 0.0505. The Balaban J connectivity index is 2.05.